The fraction of sp³-hybridized carbons (Fsp3) is 0.733. The third-order valence-corrected chi connectivity index (χ3v) is 4.58. The average Bonchev–Trinajstić information content (AvgIpc) is 2.68. The zero-order valence-electron chi connectivity index (χ0n) is 10.9. The Kier molecular flexibility index (Phi) is 3.48. The monoisotopic (exact) mass is 246 g/mol. The molecule has 0 spiro atoms. The number of nitrogens with zero attached hydrogens (tertiary/aromatic N) is 2. The van der Waals surface area contributed by atoms with E-state index in [-0.39, 0.29) is 11.8 Å². The summed E-state index contributed by atoms with van der Waals surface area (Å²) in [5.74, 6) is 0.791. The molecule has 3 nitrogen and oxygen atoms in total. The predicted octanol–water partition coefficient (Wildman–Crippen LogP) is 3.12. The van der Waals surface area contributed by atoms with E-state index < -0.39 is 0 Å². The summed E-state index contributed by atoms with van der Waals surface area (Å²) in [4.78, 5) is 12.5. The van der Waals surface area contributed by atoms with Crippen molar-refractivity contribution in [1.29, 1.82) is 0 Å². The van der Waals surface area contributed by atoms with E-state index in [1.54, 1.807) is 0 Å². The van der Waals surface area contributed by atoms with Crippen LogP contribution in [0.4, 0.5) is 0 Å². The molecule has 98 valence electrons. The number of hydrogen-bond acceptors (Lipinski definition) is 2. The van der Waals surface area contributed by atoms with Crippen molar-refractivity contribution in [1.82, 2.24) is 5.01 Å². The second-order valence-corrected chi connectivity index (χ2v) is 5.81. The summed E-state index contributed by atoms with van der Waals surface area (Å²) in [6.07, 6.45) is 15.7. The molecule has 0 bridgehead atoms. The van der Waals surface area contributed by atoms with Crippen molar-refractivity contribution >= 4 is 12.1 Å². The minimum atomic E-state index is 0.163. The van der Waals surface area contributed by atoms with Crippen LogP contribution < -0.4 is 0 Å². The van der Waals surface area contributed by atoms with Crippen LogP contribution in [0.15, 0.2) is 17.3 Å². The molecular formula is C15H22N2O. The Morgan fingerprint density at radius 3 is 2.56 bits per heavy atom. The highest BCUT2D eigenvalue weighted by Gasteiger charge is 2.37. The normalized spacial score (nSPS) is 33.3. The van der Waals surface area contributed by atoms with Crippen LogP contribution in [0.5, 0.6) is 0 Å². The molecule has 3 heteroatoms. The lowest BCUT2D eigenvalue weighted by Crippen LogP contribution is -2.46. The number of carbonyl (C=O) groups excluding carboxylic acids is 1. The Bertz CT molecular complexity index is 367. The van der Waals surface area contributed by atoms with E-state index in [1.807, 2.05) is 11.2 Å². The highest BCUT2D eigenvalue weighted by molar-refractivity contribution is 5.86. The molecule has 1 aliphatic heterocycles. The molecule has 2 unspecified atom stereocenters. The Morgan fingerprint density at radius 1 is 1.06 bits per heavy atom. The molecule has 1 heterocycles. The van der Waals surface area contributed by atoms with Crippen molar-refractivity contribution in [2.75, 3.05) is 0 Å². The van der Waals surface area contributed by atoms with Crippen molar-refractivity contribution in [3.63, 3.8) is 0 Å². The van der Waals surface area contributed by atoms with E-state index in [1.165, 1.54) is 25.7 Å². The quantitative estimate of drug-likeness (QED) is 0.517. The molecular weight excluding hydrogens is 224 g/mol. The number of amides is 1. The molecule has 0 aromatic carbocycles. The lowest BCUT2D eigenvalue weighted by Gasteiger charge is -2.36. The fourth-order valence-electron chi connectivity index (χ4n) is 3.44. The maximum Gasteiger partial charge on any atom is 0.246 e. The van der Waals surface area contributed by atoms with Crippen LogP contribution in [-0.4, -0.2) is 23.2 Å². The van der Waals surface area contributed by atoms with E-state index in [2.05, 4.69) is 17.3 Å². The van der Waals surface area contributed by atoms with E-state index in [0.717, 1.165) is 25.7 Å². The van der Waals surface area contributed by atoms with Gasteiger partial charge in [-0.1, -0.05) is 37.8 Å². The number of carbonyl (C=O) groups is 1. The molecule has 0 saturated heterocycles. The minimum Gasteiger partial charge on any atom is -0.273 e. The molecule has 2 aliphatic carbocycles. The summed E-state index contributed by atoms with van der Waals surface area (Å²) in [5, 5.41) is 6.31. The van der Waals surface area contributed by atoms with E-state index >= 15 is 0 Å². The van der Waals surface area contributed by atoms with Gasteiger partial charge in [0.1, 0.15) is 0 Å². The van der Waals surface area contributed by atoms with Crippen LogP contribution in [-0.2, 0) is 4.79 Å². The maximum absolute atomic E-state index is 12.5. The summed E-state index contributed by atoms with van der Waals surface area (Å²) in [5.41, 5.74) is 0. The van der Waals surface area contributed by atoms with E-state index in [9.17, 15) is 4.79 Å². The third-order valence-electron chi connectivity index (χ3n) is 4.58. The summed E-state index contributed by atoms with van der Waals surface area (Å²) >= 11 is 0. The van der Waals surface area contributed by atoms with Gasteiger partial charge in [-0.25, -0.2) is 5.01 Å². The standard InChI is InChI=1S/C15H22N2O/c18-15-14-10-6-5-7-12(14)11-16-17(15)13-8-3-1-2-4-9-13/h5-6,11-14H,1-4,7-10H2. The van der Waals surface area contributed by atoms with Crippen molar-refractivity contribution < 1.29 is 4.79 Å². The van der Waals surface area contributed by atoms with Crippen LogP contribution in [0.3, 0.4) is 0 Å². The fourth-order valence-corrected chi connectivity index (χ4v) is 3.44. The maximum atomic E-state index is 12.5. The van der Waals surface area contributed by atoms with Gasteiger partial charge in [-0.2, -0.15) is 5.10 Å². The van der Waals surface area contributed by atoms with Crippen LogP contribution >= 0.6 is 0 Å². The third kappa shape index (κ3) is 2.23. The largest absolute Gasteiger partial charge is 0.273 e. The SMILES string of the molecule is O=C1C2CC=CCC2C=NN1C1CCCCCC1. The van der Waals surface area contributed by atoms with Crippen LogP contribution in [0.25, 0.3) is 0 Å². The number of hydrogen-bond donors (Lipinski definition) is 0. The minimum absolute atomic E-state index is 0.163. The lowest BCUT2D eigenvalue weighted by atomic mass is 9.82. The van der Waals surface area contributed by atoms with Gasteiger partial charge in [0, 0.05) is 12.1 Å². The van der Waals surface area contributed by atoms with Crippen LogP contribution in [0, 0.1) is 11.8 Å². The zero-order valence-corrected chi connectivity index (χ0v) is 10.9. The number of rotatable bonds is 1. The summed E-state index contributed by atoms with van der Waals surface area (Å²) in [7, 11) is 0. The van der Waals surface area contributed by atoms with Gasteiger partial charge in [0.2, 0.25) is 5.91 Å². The molecule has 0 aromatic heterocycles. The Hall–Kier alpha value is -1.12. The molecule has 18 heavy (non-hydrogen) atoms. The van der Waals surface area contributed by atoms with Gasteiger partial charge in [0.05, 0.1) is 12.0 Å². The lowest BCUT2D eigenvalue weighted by molar-refractivity contribution is -0.140. The smallest absolute Gasteiger partial charge is 0.246 e. The van der Waals surface area contributed by atoms with E-state index in [4.69, 9.17) is 0 Å². The topological polar surface area (TPSA) is 32.7 Å². The first kappa shape index (κ1) is 11.9. The molecule has 0 aromatic rings. The Balaban J connectivity index is 1.75. The van der Waals surface area contributed by atoms with Gasteiger partial charge in [-0.05, 0) is 25.7 Å². The molecule has 0 radical (unpaired) electrons. The van der Waals surface area contributed by atoms with Gasteiger partial charge in [-0.15, -0.1) is 0 Å². The number of allylic oxidation sites excluding steroid dienone is 2. The van der Waals surface area contributed by atoms with Crippen molar-refractivity contribution in [3.05, 3.63) is 12.2 Å². The average molecular weight is 246 g/mol. The van der Waals surface area contributed by atoms with Crippen LogP contribution in [0.2, 0.25) is 0 Å². The summed E-state index contributed by atoms with van der Waals surface area (Å²) in [6, 6.07) is 0.364. The molecule has 0 N–H and O–H groups in total. The van der Waals surface area contributed by atoms with E-state index in [0.29, 0.717) is 12.0 Å². The van der Waals surface area contributed by atoms with Gasteiger partial charge < -0.3 is 0 Å². The zero-order chi connectivity index (χ0) is 12.4. The number of fused-ring (bicyclic) bond motifs is 1. The first-order valence-electron chi connectivity index (χ1n) is 7.38. The second kappa shape index (κ2) is 5.25. The van der Waals surface area contributed by atoms with Crippen molar-refractivity contribution in [2.24, 2.45) is 16.9 Å². The van der Waals surface area contributed by atoms with Gasteiger partial charge in [0.25, 0.3) is 0 Å². The summed E-state index contributed by atoms with van der Waals surface area (Å²) in [6.45, 7) is 0. The Morgan fingerprint density at radius 2 is 1.78 bits per heavy atom. The van der Waals surface area contributed by atoms with Crippen molar-refractivity contribution in [3.8, 4) is 0 Å². The second-order valence-electron chi connectivity index (χ2n) is 5.81. The van der Waals surface area contributed by atoms with Gasteiger partial charge >= 0.3 is 0 Å². The molecule has 1 amide bonds. The first-order chi connectivity index (χ1) is 8.86. The van der Waals surface area contributed by atoms with Crippen molar-refractivity contribution in [2.45, 2.75) is 57.4 Å². The Labute approximate surface area is 109 Å². The molecule has 3 rings (SSSR count). The highest BCUT2D eigenvalue weighted by Crippen LogP contribution is 2.32. The first-order valence-corrected chi connectivity index (χ1v) is 7.38. The molecule has 1 saturated carbocycles. The molecule has 1 fully saturated rings. The van der Waals surface area contributed by atoms with Gasteiger partial charge in [0.15, 0.2) is 0 Å². The summed E-state index contributed by atoms with van der Waals surface area (Å²) < 4.78 is 0. The number of hydrazone groups is 1. The molecule has 3 aliphatic rings. The highest BCUT2D eigenvalue weighted by atomic mass is 16.2. The predicted molar refractivity (Wildman–Crippen MR) is 72.2 cm³/mol. The van der Waals surface area contributed by atoms with Crippen LogP contribution in [0.1, 0.15) is 51.4 Å². The van der Waals surface area contributed by atoms with Gasteiger partial charge in [-0.3, -0.25) is 4.79 Å². The molecule has 2 atom stereocenters.